The van der Waals surface area contributed by atoms with Gasteiger partial charge in [0.15, 0.2) is 8.32 Å². The summed E-state index contributed by atoms with van der Waals surface area (Å²) in [5.41, 5.74) is -0.377. The molecule has 0 saturated heterocycles. The van der Waals surface area contributed by atoms with Crippen LogP contribution in [-0.4, -0.2) is 18.2 Å². The van der Waals surface area contributed by atoms with E-state index >= 15 is 0 Å². The summed E-state index contributed by atoms with van der Waals surface area (Å²) in [5, 5.41) is -0.106. The quantitative estimate of drug-likeness (QED) is 0.353. The first kappa shape index (κ1) is 22.8. The highest BCUT2D eigenvalue weighted by atomic mass is 35.6. The fourth-order valence-corrected chi connectivity index (χ4v) is 3.55. The van der Waals surface area contributed by atoms with Crippen molar-refractivity contribution in [3.63, 3.8) is 0 Å². The van der Waals surface area contributed by atoms with Crippen molar-refractivity contribution in [2.75, 3.05) is 0 Å². The summed E-state index contributed by atoms with van der Waals surface area (Å²) < 4.78 is 42.8. The average molecular weight is 434 g/mol. The van der Waals surface area contributed by atoms with E-state index in [2.05, 4.69) is 0 Å². The minimum absolute atomic E-state index is 0.106. The topological polar surface area (TPSA) is 9.23 Å². The molecule has 1 nitrogen and oxygen atoms in total. The molecule has 0 aromatic heterocycles. The molecule has 8 heteroatoms. The van der Waals surface area contributed by atoms with Crippen molar-refractivity contribution in [3.05, 3.63) is 41.5 Å². The molecule has 0 bridgehead atoms. The summed E-state index contributed by atoms with van der Waals surface area (Å²) in [6, 6.07) is 4.93. The van der Waals surface area contributed by atoms with Crippen molar-refractivity contribution >= 4 is 49.2 Å². The third kappa shape index (κ3) is 6.79. The normalized spacial score (nSPS) is 15.6. The molecule has 0 heterocycles. The Morgan fingerprint density at radius 2 is 1.64 bits per heavy atom. The first-order valence-electron chi connectivity index (χ1n) is 7.64. The molecule has 0 saturated carbocycles. The highest BCUT2D eigenvalue weighted by molar-refractivity contribution is 6.74. The van der Waals surface area contributed by atoms with Crippen LogP contribution in [0.4, 0.5) is 13.2 Å². The van der Waals surface area contributed by atoms with Gasteiger partial charge in [-0.3, -0.25) is 0 Å². The number of hydrogen-bond acceptors (Lipinski definition) is 1. The standard InChI is InChI=1S/C17H22Cl3F3OSi/c1-15(2,3)25(4,5)24-14(16(18,19)20)10-9-12-7-6-8-13(11-12)17(21,22)23/h6-11,14H,1-5H3/b10-9+. The number of hydrogen-bond donors (Lipinski definition) is 0. The Morgan fingerprint density at radius 1 is 1.08 bits per heavy atom. The van der Waals surface area contributed by atoms with E-state index in [4.69, 9.17) is 39.2 Å². The fraction of sp³-hybridized carbons (Fsp3) is 0.529. The zero-order chi connectivity index (χ0) is 19.7. The van der Waals surface area contributed by atoms with Crippen molar-refractivity contribution in [2.24, 2.45) is 0 Å². The van der Waals surface area contributed by atoms with Crippen molar-refractivity contribution in [3.8, 4) is 0 Å². The van der Waals surface area contributed by atoms with Gasteiger partial charge in [-0.2, -0.15) is 13.2 Å². The molecular formula is C17H22Cl3F3OSi. The summed E-state index contributed by atoms with van der Waals surface area (Å²) in [4.78, 5) is 0. The molecule has 142 valence electrons. The van der Waals surface area contributed by atoms with Gasteiger partial charge in [0.05, 0.1) is 5.56 Å². The van der Waals surface area contributed by atoms with Crippen molar-refractivity contribution in [1.82, 2.24) is 0 Å². The van der Waals surface area contributed by atoms with Crippen LogP contribution in [0.3, 0.4) is 0 Å². The summed E-state index contributed by atoms with van der Waals surface area (Å²) in [7, 11) is -2.24. The van der Waals surface area contributed by atoms with Gasteiger partial charge in [0, 0.05) is 0 Å². The van der Waals surface area contributed by atoms with Gasteiger partial charge in [-0.15, -0.1) is 0 Å². The van der Waals surface area contributed by atoms with Crippen LogP contribution in [0.1, 0.15) is 31.9 Å². The molecule has 1 aromatic rings. The minimum Gasteiger partial charge on any atom is -0.406 e. The van der Waals surface area contributed by atoms with Crippen LogP contribution in [0.25, 0.3) is 6.08 Å². The van der Waals surface area contributed by atoms with E-state index in [-0.39, 0.29) is 5.04 Å². The second kappa shape index (κ2) is 7.81. The van der Waals surface area contributed by atoms with Crippen LogP contribution in [-0.2, 0) is 10.6 Å². The lowest BCUT2D eigenvalue weighted by Crippen LogP contribution is -2.46. The molecule has 0 N–H and O–H groups in total. The van der Waals surface area contributed by atoms with Gasteiger partial charge in [-0.05, 0) is 35.8 Å². The van der Waals surface area contributed by atoms with E-state index in [0.717, 1.165) is 12.1 Å². The Hall–Kier alpha value is -0.203. The third-order valence-corrected chi connectivity index (χ3v) is 9.33. The van der Waals surface area contributed by atoms with Gasteiger partial charge in [-0.1, -0.05) is 79.9 Å². The van der Waals surface area contributed by atoms with E-state index < -0.39 is 30.0 Å². The Bertz CT molecular complexity index is 617. The zero-order valence-corrected chi connectivity index (χ0v) is 18.0. The lowest BCUT2D eigenvalue weighted by Gasteiger charge is -2.40. The molecule has 0 radical (unpaired) electrons. The van der Waals surface area contributed by atoms with Crippen molar-refractivity contribution < 1.29 is 17.6 Å². The van der Waals surface area contributed by atoms with E-state index in [0.29, 0.717) is 5.56 Å². The Balaban J connectivity index is 3.10. The summed E-state index contributed by atoms with van der Waals surface area (Å²) in [6.45, 7) is 10.2. The monoisotopic (exact) mass is 432 g/mol. The van der Waals surface area contributed by atoms with Crippen LogP contribution < -0.4 is 0 Å². The molecule has 0 aliphatic rings. The van der Waals surface area contributed by atoms with Gasteiger partial charge in [0.1, 0.15) is 6.10 Å². The van der Waals surface area contributed by atoms with Crippen LogP contribution in [0.15, 0.2) is 30.3 Å². The largest absolute Gasteiger partial charge is 0.416 e. The molecule has 0 aliphatic heterocycles. The molecule has 1 aromatic carbocycles. The highest BCUT2D eigenvalue weighted by Crippen LogP contribution is 2.42. The molecular weight excluding hydrogens is 412 g/mol. The molecule has 0 fully saturated rings. The molecule has 1 unspecified atom stereocenters. The van der Waals surface area contributed by atoms with Gasteiger partial charge < -0.3 is 4.43 Å². The Labute approximate surface area is 163 Å². The molecule has 0 amide bonds. The number of benzene rings is 1. The maximum Gasteiger partial charge on any atom is 0.416 e. The Kier molecular flexibility index (Phi) is 7.13. The predicted molar refractivity (Wildman–Crippen MR) is 103 cm³/mol. The lowest BCUT2D eigenvalue weighted by atomic mass is 10.1. The van der Waals surface area contributed by atoms with Gasteiger partial charge in [0.25, 0.3) is 0 Å². The Morgan fingerprint density at radius 3 is 2.08 bits per heavy atom. The second-order valence-electron chi connectivity index (χ2n) is 7.32. The van der Waals surface area contributed by atoms with E-state index in [9.17, 15) is 13.2 Å². The summed E-state index contributed by atoms with van der Waals surface area (Å²) in [5.74, 6) is 0. The van der Waals surface area contributed by atoms with Gasteiger partial charge >= 0.3 is 6.18 Å². The minimum atomic E-state index is -4.41. The van der Waals surface area contributed by atoms with Crippen LogP contribution >= 0.6 is 34.8 Å². The molecule has 1 rings (SSSR count). The summed E-state index contributed by atoms with van der Waals surface area (Å²) in [6.07, 6.45) is -2.29. The van der Waals surface area contributed by atoms with E-state index in [1.165, 1.54) is 18.2 Å². The van der Waals surface area contributed by atoms with E-state index in [1.54, 1.807) is 6.07 Å². The summed E-state index contributed by atoms with van der Waals surface area (Å²) >= 11 is 18.1. The van der Waals surface area contributed by atoms with Gasteiger partial charge in [0.2, 0.25) is 3.79 Å². The molecule has 0 spiro atoms. The zero-order valence-electron chi connectivity index (χ0n) is 14.7. The molecule has 25 heavy (non-hydrogen) atoms. The smallest absolute Gasteiger partial charge is 0.406 e. The molecule has 1 atom stereocenters. The predicted octanol–water partition coefficient (Wildman–Crippen LogP) is 7.48. The van der Waals surface area contributed by atoms with Gasteiger partial charge in [-0.25, -0.2) is 0 Å². The van der Waals surface area contributed by atoms with E-state index in [1.807, 2.05) is 33.9 Å². The SMILES string of the molecule is CC(C)(C)[Si](C)(C)OC(/C=C/c1cccc(C(F)(F)F)c1)C(Cl)(Cl)Cl. The number of alkyl halides is 6. The third-order valence-electron chi connectivity index (χ3n) is 4.23. The maximum absolute atomic E-state index is 12.8. The maximum atomic E-state index is 12.8. The first-order chi connectivity index (χ1) is 11.0. The second-order valence-corrected chi connectivity index (χ2v) is 14.4. The lowest BCUT2D eigenvalue weighted by molar-refractivity contribution is -0.137. The van der Waals surface area contributed by atoms with Crippen molar-refractivity contribution in [1.29, 1.82) is 0 Å². The number of halogens is 6. The van der Waals surface area contributed by atoms with Crippen LogP contribution in [0, 0.1) is 0 Å². The van der Waals surface area contributed by atoms with Crippen LogP contribution in [0.5, 0.6) is 0 Å². The highest BCUT2D eigenvalue weighted by Gasteiger charge is 2.43. The van der Waals surface area contributed by atoms with Crippen LogP contribution in [0.2, 0.25) is 18.1 Å². The molecule has 0 aliphatic carbocycles. The van der Waals surface area contributed by atoms with Crippen molar-refractivity contribution in [2.45, 2.75) is 55.0 Å². The average Bonchev–Trinajstić information content (AvgIpc) is 2.40. The number of rotatable bonds is 4. The fourth-order valence-electron chi connectivity index (χ4n) is 1.73. The first-order valence-corrected chi connectivity index (χ1v) is 11.7.